The van der Waals surface area contributed by atoms with Crippen LogP contribution in [-0.2, 0) is 6.54 Å². The molecule has 24 heavy (non-hydrogen) atoms. The summed E-state index contributed by atoms with van der Waals surface area (Å²) in [5.74, 6) is 0.437. The first-order valence-electron chi connectivity index (χ1n) is 7.54. The summed E-state index contributed by atoms with van der Waals surface area (Å²) in [5.41, 5.74) is 2.58. The maximum Gasteiger partial charge on any atom is 0.168 e. The molecule has 2 heterocycles. The number of aromatic nitrogens is 4. The van der Waals surface area contributed by atoms with Crippen molar-refractivity contribution in [3.8, 4) is 5.69 Å². The van der Waals surface area contributed by atoms with Crippen molar-refractivity contribution >= 4 is 16.9 Å². The monoisotopic (exact) mass is 319 g/mol. The van der Waals surface area contributed by atoms with Crippen LogP contribution >= 0.6 is 0 Å². The fourth-order valence-electron chi connectivity index (χ4n) is 2.54. The van der Waals surface area contributed by atoms with E-state index in [0.717, 1.165) is 22.5 Å². The Labute approximate surface area is 137 Å². The number of rotatable bonds is 4. The maximum atomic E-state index is 13.1. The molecule has 1 N–H and O–H groups in total. The second-order valence-electron chi connectivity index (χ2n) is 5.33. The van der Waals surface area contributed by atoms with Gasteiger partial charge in [0.15, 0.2) is 5.65 Å². The molecule has 4 rings (SSSR count). The molecule has 0 fully saturated rings. The van der Waals surface area contributed by atoms with Crippen LogP contribution in [-0.4, -0.2) is 19.7 Å². The van der Waals surface area contributed by atoms with Crippen LogP contribution in [0.5, 0.6) is 0 Å². The van der Waals surface area contributed by atoms with Gasteiger partial charge in [0.25, 0.3) is 0 Å². The molecule has 2 aromatic carbocycles. The Morgan fingerprint density at radius 2 is 1.75 bits per heavy atom. The minimum absolute atomic E-state index is 0.282. The molecule has 0 aliphatic carbocycles. The molecular formula is C18H14FN5. The zero-order valence-corrected chi connectivity index (χ0v) is 12.7. The highest BCUT2D eigenvalue weighted by Crippen LogP contribution is 2.22. The minimum atomic E-state index is -0.282. The second-order valence-corrected chi connectivity index (χ2v) is 5.33. The van der Waals surface area contributed by atoms with Crippen molar-refractivity contribution in [2.45, 2.75) is 6.54 Å². The van der Waals surface area contributed by atoms with Gasteiger partial charge in [0.1, 0.15) is 18.0 Å². The first-order valence-corrected chi connectivity index (χ1v) is 7.54. The molecular weight excluding hydrogens is 305 g/mol. The summed E-state index contributed by atoms with van der Waals surface area (Å²) in [4.78, 5) is 8.62. The van der Waals surface area contributed by atoms with E-state index in [2.05, 4.69) is 20.4 Å². The van der Waals surface area contributed by atoms with Crippen LogP contribution in [0.1, 0.15) is 5.56 Å². The SMILES string of the molecule is Fc1ccc(-n2ncc3c(NCc4ccccc4)ncnc32)cc1. The Balaban J connectivity index is 1.67. The van der Waals surface area contributed by atoms with Gasteiger partial charge in [-0.1, -0.05) is 30.3 Å². The van der Waals surface area contributed by atoms with Crippen LogP contribution in [0.25, 0.3) is 16.7 Å². The lowest BCUT2D eigenvalue weighted by atomic mass is 10.2. The van der Waals surface area contributed by atoms with Crippen molar-refractivity contribution in [3.63, 3.8) is 0 Å². The van der Waals surface area contributed by atoms with Crippen LogP contribution in [0.4, 0.5) is 10.2 Å². The van der Waals surface area contributed by atoms with E-state index in [-0.39, 0.29) is 5.82 Å². The summed E-state index contributed by atoms with van der Waals surface area (Å²) >= 11 is 0. The molecule has 0 saturated heterocycles. The molecule has 0 aliphatic heterocycles. The lowest BCUT2D eigenvalue weighted by Gasteiger charge is -2.07. The smallest absolute Gasteiger partial charge is 0.168 e. The van der Waals surface area contributed by atoms with Crippen LogP contribution in [0.15, 0.2) is 67.1 Å². The summed E-state index contributed by atoms with van der Waals surface area (Å²) in [7, 11) is 0. The minimum Gasteiger partial charge on any atom is -0.365 e. The highest BCUT2D eigenvalue weighted by Gasteiger charge is 2.11. The van der Waals surface area contributed by atoms with Crippen LogP contribution in [0.2, 0.25) is 0 Å². The van der Waals surface area contributed by atoms with Gasteiger partial charge in [-0.2, -0.15) is 5.10 Å². The van der Waals surface area contributed by atoms with E-state index in [1.165, 1.54) is 18.5 Å². The second kappa shape index (κ2) is 6.08. The van der Waals surface area contributed by atoms with Gasteiger partial charge in [-0.25, -0.2) is 19.0 Å². The van der Waals surface area contributed by atoms with E-state index in [4.69, 9.17) is 0 Å². The third-order valence-corrected chi connectivity index (χ3v) is 3.74. The van der Waals surface area contributed by atoms with Gasteiger partial charge in [0.2, 0.25) is 0 Å². The molecule has 4 aromatic rings. The summed E-state index contributed by atoms with van der Waals surface area (Å²) in [5, 5.41) is 8.49. The Bertz CT molecular complexity index is 964. The average Bonchev–Trinajstić information content (AvgIpc) is 3.06. The molecule has 2 aromatic heterocycles. The molecule has 0 radical (unpaired) electrons. The molecule has 0 unspecified atom stereocenters. The number of halogens is 1. The maximum absolute atomic E-state index is 13.1. The summed E-state index contributed by atoms with van der Waals surface area (Å²) in [6, 6.07) is 16.2. The fraction of sp³-hybridized carbons (Fsp3) is 0.0556. The topological polar surface area (TPSA) is 55.6 Å². The van der Waals surface area contributed by atoms with Gasteiger partial charge in [0, 0.05) is 6.54 Å². The normalized spacial score (nSPS) is 10.9. The number of nitrogens with zero attached hydrogens (tertiary/aromatic N) is 4. The lowest BCUT2D eigenvalue weighted by Crippen LogP contribution is -2.03. The van der Waals surface area contributed by atoms with E-state index in [1.807, 2.05) is 30.3 Å². The number of hydrogen-bond donors (Lipinski definition) is 1. The predicted octanol–water partition coefficient (Wildman–Crippen LogP) is 3.57. The van der Waals surface area contributed by atoms with E-state index in [9.17, 15) is 4.39 Å². The molecule has 118 valence electrons. The quantitative estimate of drug-likeness (QED) is 0.625. The van der Waals surface area contributed by atoms with E-state index in [0.29, 0.717) is 12.2 Å². The van der Waals surface area contributed by atoms with Gasteiger partial charge < -0.3 is 5.32 Å². The van der Waals surface area contributed by atoms with E-state index < -0.39 is 0 Å². The summed E-state index contributed by atoms with van der Waals surface area (Å²) in [6.45, 7) is 0.661. The summed E-state index contributed by atoms with van der Waals surface area (Å²) in [6.07, 6.45) is 3.21. The highest BCUT2D eigenvalue weighted by atomic mass is 19.1. The fourth-order valence-corrected chi connectivity index (χ4v) is 2.54. The van der Waals surface area contributed by atoms with Crippen molar-refractivity contribution in [2.24, 2.45) is 0 Å². The Morgan fingerprint density at radius 3 is 2.54 bits per heavy atom. The summed E-state index contributed by atoms with van der Waals surface area (Å²) < 4.78 is 14.8. The van der Waals surface area contributed by atoms with Gasteiger partial charge in [-0.3, -0.25) is 0 Å². The van der Waals surface area contributed by atoms with Crippen molar-refractivity contribution < 1.29 is 4.39 Å². The average molecular weight is 319 g/mol. The van der Waals surface area contributed by atoms with Crippen LogP contribution in [0.3, 0.4) is 0 Å². The largest absolute Gasteiger partial charge is 0.365 e. The van der Waals surface area contributed by atoms with Gasteiger partial charge in [-0.15, -0.1) is 0 Å². The van der Waals surface area contributed by atoms with Crippen molar-refractivity contribution in [3.05, 3.63) is 78.5 Å². The highest BCUT2D eigenvalue weighted by molar-refractivity contribution is 5.87. The molecule has 0 saturated carbocycles. The Kier molecular flexibility index (Phi) is 3.63. The van der Waals surface area contributed by atoms with Crippen molar-refractivity contribution in [2.75, 3.05) is 5.32 Å². The number of anilines is 1. The lowest BCUT2D eigenvalue weighted by molar-refractivity contribution is 0.627. The zero-order chi connectivity index (χ0) is 16.4. The first-order chi connectivity index (χ1) is 11.8. The standard InChI is InChI=1S/C18H14FN5/c19-14-6-8-15(9-7-14)24-18-16(11-23-24)17(21-12-22-18)20-10-13-4-2-1-3-5-13/h1-9,11-12H,10H2,(H,20,21,22). The molecule has 0 atom stereocenters. The molecule has 0 amide bonds. The third-order valence-electron chi connectivity index (χ3n) is 3.74. The van der Waals surface area contributed by atoms with Gasteiger partial charge >= 0.3 is 0 Å². The molecule has 0 bridgehead atoms. The number of benzene rings is 2. The van der Waals surface area contributed by atoms with Gasteiger partial charge in [-0.05, 0) is 29.8 Å². The molecule has 0 aliphatic rings. The number of hydrogen-bond acceptors (Lipinski definition) is 4. The van der Waals surface area contributed by atoms with Gasteiger partial charge in [0.05, 0.1) is 17.3 Å². The van der Waals surface area contributed by atoms with Crippen LogP contribution < -0.4 is 5.32 Å². The first kappa shape index (κ1) is 14.3. The number of nitrogens with one attached hydrogen (secondary N) is 1. The Morgan fingerprint density at radius 1 is 0.958 bits per heavy atom. The Hall–Kier alpha value is -3.28. The van der Waals surface area contributed by atoms with Crippen LogP contribution in [0, 0.1) is 5.82 Å². The number of fused-ring (bicyclic) bond motifs is 1. The molecule has 6 heteroatoms. The van der Waals surface area contributed by atoms with E-state index >= 15 is 0 Å². The molecule has 0 spiro atoms. The van der Waals surface area contributed by atoms with E-state index in [1.54, 1.807) is 23.0 Å². The molecule has 5 nitrogen and oxygen atoms in total. The van der Waals surface area contributed by atoms with Crippen molar-refractivity contribution in [1.29, 1.82) is 0 Å². The van der Waals surface area contributed by atoms with Crippen molar-refractivity contribution in [1.82, 2.24) is 19.7 Å². The predicted molar refractivity (Wildman–Crippen MR) is 90.4 cm³/mol. The zero-order valence-electron chi connectivity index (χ0n) is 12.7. The third kappa shape index (κ3) is 2.69.